The van der Waals surface area contributed by atoms with Gasteiger partial charge in [0, 0.05) is 0 Å². The molecule has 0 bridgehead atoms. The van der Waals surface area contributed by atoms with E-state index in [1.165, 1.54) is 0 Å². The topological polar surface area (TPSA) is 61.8 Å². The van der Waals surface area contributed by atoms with Crippen molar-refractivity contribution in [1.29, 1.82) is 0 Å². The molecule has 1 unspecified atom stereocenters. The van der Waals surface area contributed by atoms with E-state index in [2.05, 4.69) is 12.7 Å². The molecule has 0 saturated heterocycles. The number of hydrogen-bond acceptors (Lipinski definition) is 5. The Morgan fingerprint density at radius 1 is 1.27 bits per heavy atom. The van der Waals surface area contributed by atoms with Gasteiger partial charge in [0.1, 0.15) is 0 Å². The Hall–Kier alpha value is 0.260. The summed E-state index contributed by atoms with van der Waals surface area (Å²) in [4.78, 5) is 0. The quantitative estimate of drug-likeness (QED) is 0.471. The lowest BCUT2D eigenvalue weighted by molar-refractivity contribution is 0.279. The van der Waals surface area contributed by atoms with Gasteiger partial charge in [0.15, 0.2) is 9.03 Å². The number of hydrogen-bond donors (Lipinski definition) is 0. The minimum Gasteiger partial charge on any atom is -0.336 e. The first-order valence-corrected chi connectivity index (χ1v) is 5.22. The highest BCUT2D eigenvalue weighted by Crippen LogP contribution is 2.17. The summed E-state index contributed by atoms with van der Waals surface area (Å²) in [6, 6.07) is 0. The highest BCUT2D eigenvalue weighted by molar-refractivity contribution is 7.84. The summed E-state index contributed by atoms with van der Waals surface area (Å²) in [5, 5.41) is 0. The zero-order valence-electron chi connectivity index (χ0n) is 6.36. The first-order chi connectivity index (χ1) is 5.12. The average molecular weight is 202 g/mol. The fraction of sp³-hybridized carbons (Fsp3) is 1.00. The summed E-state index contributed by atoms with van der Waals surface area (Å²) in [7, 11) is -4.34. The van der Waals surface area contributed by atoms with Crippen molar-refractivity contribution in [1.82, 2.24) is 0 Å². The van der Waals surface area contributed by atoms with E-state index in [0.29, 0.717) is 6.61 Å². The molecular formula is C4H11O5PS. The lowest BCUT2D eigenvalue weighted by Gasteiger charge is -2.01. The van der Waals surface area contributed by atoms with Crippen LogP contribution in [0.2, 0.25) is 0 Å². The van der Waals surface area contributed by atoms with Crippen LogP contribution < -0.4 is 0 Å². The second-order valence-electron chi connectivity index (χ2n) is 1.41. The van der Waals surface area contributed by atoms with E-state index in [9.17, 15) is 8.42 Å². The van der Waals surface area contributed by atoms with E-state index in [1.807, 2.05) is 0 Å². The van der Waals surface area contributed by atoms with Crippen LogP contribution in [0.3, 0.4) is 0 Å². The maximum atomic E-state index is 10.6. The maximum Gasteiger partial charge on any atom is 0.404 e. The maximum absolute atomic E-state index is 10.6. The largest absolute Gasteiger partial charge is 0.404 e. The fourth-order valence-corrected chi connectivity index (χ4v) is 1.42. The van der Waals surface area contributed by atoms with E-state index in [4.69, 9.17) is 0 Å². The van der Waals surface area contributed by atoms with Crippen molar-refractivity contribution < 1.29 is 21.1 Å². The second-order valence-corrected chi connectivity index (χ2v) is 3.59. The molecule has 0 aliphatic heterocycles. The Morgan fingerprint density at radius 3 is 2.36 bits per heavy atom. The second kappa shape index (κ2) is 5.85. The molecule has 1 atom stereocenters. The average Bonchev–Trinajstić information content (AvgIpc) is 1.87. The molecule has 0 aromatic heterocycles. The van der Waals surface area contributed by atoms with Gasteiger partial charge in [-0.05, 0) is 13.8 Å². The highest BCUT2D eigenvalue weighted by atomic mass is 32.3. The van der Waals surface area contributed by atoms with Gasteiger partial charge in [-0.1, -0.05) is 0 Å². The normalized spacial score (nSPS) is 12.9. The molecule has 0 rings (SSSR count). The fourth-order valence-electron chi connectivity index (χ4n) is 0.293. The van der Waals surface area contributed by atoms with Crippen LogP contribution in [0.4, 0.5) is 0 Å². The van der Waals surface area contributed by atoms with Gasteiger partial charge in [-0.2, -0.15) is 12.4 Å². The Balaban J connectivity index is 3.56. The molecule has 11 heavy (non-hydrogen) atoms. The van der Waals surface area contributed by atoms with Crippen LogP contribution in [0.25, 0.3) is 0 Å². The van der Waals surface area contributed by atoms with Crippen molar-refractivity contribution in [2.45, 2.75) is 13.8 Å². The van der Waals surface area contributed by atoms with Crippen molar-refractivity contribution in [3.63, 3.8) is 0 Å². The summed E-state index contributed by atoms with van der Waals surface area (Å²) in [6.07, 6.45) is 0. The molecule has 0 aromatic rings. The van der Waals surface area contributed by atoms with Gasteiger partial charge in [0.05, 0.1) is 13.2 Å². The predicted octanol–water partition coefficient (Wildman–Crippen LogP) is 0.829. The van der Waals surface area contributed by atoms with Gasteiger partial charge in [0.2, 0.25) is 0 Å². The summed E-state index contributed by atoms with van der Waals surface area (Å²) >= 11 is 0. The molecule has 0 N–H and O–H groups in total. The molecule has 0 amide bonds. The lowest BCUT2D eigenvalue weighted by Crippen LogP contribution is -2.05. The Bertz CT molecular complexity index is 177. The van der Waals surface area contributed by atoms with Crippen LogP contribution in [0.15, 0.2) is 0 Å². The van der Waals surface area contributed by atoms with Gasteiger partial charge in [0.25, 0.3) is 0 Å². The van der Waals surface area contributed by atoms with Gasteiger partial charge >= 0.3 is 10.4 Å². The van der Waals surface area contributed by atoms with Crippen molar-refractivity contribution in [3.8, 4) is 0 Å². The third-order valence-corrected chi connectivity index (χ3v) is 2.62. The van der Waals surface area contributed by atoms with E-state index < -0.39 is 19.4 Å². The van der Waals surface area contributed by atoms with Crippen LogP contribution in [0, 0.1) is 0 Å². The zero-order chi connectivity index (χ0) is 8.74. The number of rotatable bonds is 6. The first-order valence-electron chi connectivity index (χ1n) is 3.07. The molecule has 0 spiro atoms. The van der Waals surface area contributed by atoms with E-state index in [1.54, 1.807) is 13.8 Å². The van der Waals surface area contributed by atoms with Crippen molar-refractivity contribution in [2.75, 3.05) is 13.2 Å². The minimum absolute atomic E-state index is 0.0684. The SMILES string of the molecule is CCOPOS(=O)(=O)OCC. The molecule has 0 radical (unpaired) electrons. The van der Waals surface area contributed by atoms with Crippen LogP contribution in [-0.4, -0.2) is 21.6 Å². The van der Waals surface area contributed by atoms with Crippen LogP contribution >= 0.6 is 9.03 Å². The molecule has 68 valence electrons. The molecule has 0 aliphatic carbocycles. The monoisotopic (exact) mass is 202 g/mol. The van der Waals surface area contributed by atoms with Gasteiger partial charge < -0.3 is 4.52 Å². The third kappa shape index (κ3) is 6.65. The Morgan fingerprint density at radius 2 is 1.91 bits per heavy atom. The van der Waals surface area contributed by atoms with Crippen LogP contribution in [0.5, 0.6) is 0 Å². The molecule has 0 fully saturated rings. The summed E-state index contributed by atoms with van der Waals surface area (Å²) in [5.41, 5.74) is 0. The van der Waals surface area contributed by atoms with E-state index in [0.717, 1.165) is 0 Å². The Kier molecular flexibility index (Phi) is 5.99. The van der Waals surface area contributed by atoms with Crippen LogP contribution in [-0.2, 0) is 23.1 Å². The van der Waals surface area contributed by atoms with Crippen molar-refractivity contribution >= 4 is 19.4 Å². The van der Waals surface area contributed by atoms with E-state index >= 15 is 0 Å². The van der Waals surface area contributed by atoms with Gasteiger partial charge in [-0.15, -0.1) is 0 Å². The van der Waals surface area contributed by atoms with Gasteiger partial charge in [-0.3, -0.25) is 0 Å². The first kappa shape index (κ1) is 11.3. The molecule has 0 saturated carbocycles. The third-order valence-electron chi connectivity index (χ3n) is 0.602. The molecule has 0 aromatic carbocycles. The molecule has 0 aliphatic rings. The summed E-state index contributed by atoms with van der Waals surface area (Å²) in [6.45, 7) is 3.79. The molecule has 0 heterocycles. The lowest BCUT2D eigenvalue weighted by atomic mass is 10.9. The molecule has 5 nitrogen and oxygen atoms in total. The Labute approximate surface area is 68.3 Å². The minimum atomic E-state index is -3.82. The van der Waals surface area contributed by atoms with Crippen LogP contribution in [0.1, 0.15) is 13.8 Å². The predicted molar refractivity (Wildman–Crippen MR) is 41.6 cm³/mol. The van der Waals surface area contributed by atoms with Gasteiger partial charge in [-0.25, -0.2) is 4.18 Å². The molecular weight excluding hydrogens is 191 g/mol. The summed E-state index contributed by atoms with van der Waals surface area (Å²) < 4.78 is 34.4. The highest BCUT2D eigenvalue weighted by Gasteiger charge is 2.09. The smallest absolute Gasteiger partial charge is 0.336 e. The zero-order valence-corrected chi connectivity index (χ0v) is 8.18. The summed E-state index contributed by atoms with van der Waals surface area (Å²) in [5.74, 6) is 0. The van der Waals surface area contributed by atoms with Crippen molar-refractivity contribution in [2.24, 2.45) is 0 Å². The standard InChI is InChI=1S/C4H11O5PS/c1-3-7-10-9-11(5,6)8-4-2/h10H,3-4H2,1-2H3. The van der Waals surface area contributed by atoms with E-state index in [-0.39, 0.29) is 6.61 Å². The van der Waals surface area contributed by atoms with Crippen molar-refractivity contribution in [3.05, 3.63) is 0 Å². The molecule has 7 heteroatoms.